The number of aliphatic hydroxyl groups is 1. The summed E-state index contributed by atoms with van der Waals surface area (Å²) in [5, 5.41) is 16.7. The second-order valence-corrected chi connectivity index (χ2v) is 12.4. The van der Waals surface area contributed by atoms with Crippen LogP contribution in [-0.2, 0) is 18.9 Å². The molecule has 4 aromatic rings. The van der Waals surface area contributed by atoms with Gasteiger partial charge in [0.05, 0.1) is 0 Å². The monoisotopic (exact) mass is 581 g/mol. The smallest absolute Gasteiger partial charge is 0.274 e. The molecule has 226 valence electrons. The van der Waals surface area contributed by atoms with Gasteiger partial charge >= 0.3 is 0 Å². The van der Waals surface area contributed by atoms with Crippen molar-refractivity contribution in [2.75, 3.05) is 17.7 Å². The highest BCUT2D eigenvalue weighted by molar-refractivity contribution is 6.05. The molecule has 2 aromatic heterocycles. The van der Waals surface area contributed by atoms with Gasteiger partial charge < -0.3 is 20.3 Å². The number of aromatic nitrogens is 2. The van der Waals surface area contributed by atoms with Crippen LogP contribution in [-0.4, -0.2) is 44.8 Å². The van der Waals surface area contributed by atoms with E-state index in [0.29, 0.717) is 29.2 Å². The zero-order valence-electron chi connectivity index (χ0n) is 26.4. The van der Waals surface area contributed by atoms with Gasteiger partial charge in [0, 0.05) is 48.7 Å². The highest BCUT2D eigenvalue weighted by Gasteiger charge is 2.17. The number of carbonyl (C=O) groups excluding carboxylic acids is 1. The lowest BCUT2D eigenvalue weighted by molar-refractivity contribution is 0.00368. The summed E-state index contributed by atoms with van der Waals surface area (Å²) in [7, 11) is 3.60. The first kappa shape index (κ1) is 31.7. The molecule has 0 aliphatic rings. The number of hydrogen-bond donors (Lipinski definition) is 3. The Morgan fingerprint density at radius 1 is 1.05 bits per heavy atom. The molecule has 0 fully saturated rings. The molecule has 2 aromatic carbocycles. The molecule has 1 unspecified atom stereocenters. The molecule has 0 spiro atoms. The van der Waals surface area contributed by atoms with Crippen LogP contribution in [0.1, 0.15) is 61.7 Å². The molecule has 0 saturated heterocycles. The summed E-state index contributed by atoms with van der Waals surface area (Å²) in [4.78, 5) is 32.5. The quantitative estimate of drug-likeness (QED) is 0.202. The van der Waals surface area contributed by atoms with Gasteiger partial charge in [-0.3, -0.25) is 14.5 Å². The van der Waals surface area contributed by atoms with E-state index < -0.39 is 6.23 Å². The van der Waals surface area contributed by atoms with Crippen molar-refractivity contribution in [2.24, 2.45) is 7.05 Å². The van der Waals surface area contributed by atoms with E-state index in [1.54, 1.807) is 31.6 Å². The van der Waals surface area contributed by atoms with E-state index in [2.05, 4.69) is 36.4 Å². The molecule has 0 saturated carbocycles. The minimum atomic E-state index is -0.609. The van der Waals surface area contributed by atoms with Crippen LogP contribution in [0.15, 0.2) is 77.9 Å². The van der Waals surface area contributed by atoms with Crippen LogP contribution >= 0.6 is 0 Å². The highest BCUT2D eigenvalue weighted by Crippen LogP contribution is 2.30. The maximum atomic E-state index is 13.1. The van der Waals surface area contributed by atoms with E-state index in [4.69, 9.17) is 0 Å². The van der Waals surface area contributed by atoms with Crippen molar-refractivity contribution in [3.05, 3.63) is 106 Å². The summed E-state index contributed by atoms with van der Waals surface area (Å²) in [5.41, 5.74) is 6.16. The van der Waals surface area contributed by atoms with Gasteiger partial charge in [0.2, 0.25) is 0 Å². The molecule has 0 aliphatic carbocycles. The molecule has 8 heteroatoms. The number of aryl methyl sites for hydroxylation is 1. The Bertz CT molecular complexity index is 1630. The molecule has 4 rings (SSSR count). The van der Waals surface area contributed by atoms with E-state index in [-0.39, 0.29) is 22.9 Å². The number of pyridine rings is 2. The van der Waals surface area contributed by atoms with Crippen LogP contribution in [0.25, 0.3) is 11.1 Å². The summed E-state index contributed by atoms with van der Waals surface area (Å²) >= 11 is 0. The van der Waals surface area contributed by atoms with Gasteiger partial charge in [0.15, 0.2) is 0 Å². The number of nitrogens with zero attached hydrogens (tertiary/aromatic N) is 3. The lowest BCUT2D eigenvalue weighted by atomic mass is 9.86. The Morgan fingerprint density at radius 3 is 2.35 bits per heavy atom. The number of nitrogens with one attached hydrogen (secondary N) is 2. The van der Waals surface area contributed by atoms with Crippen molar-refractivity contribution in [1.29, 1.82) is 0 Å². The SMILES string of the molecule is Cc1c(NC(=O)c2ccc(C(C)(C)C)cc2)cccc1-c1cc(Nc2ccc(CC(O)N(C)C(C)C)cn2)c(=O)n(C)c1. The summed E-state index contributed by atoms with van der Waals surface area (Å²) in [6, 6.07) is 19.2. The van der Waals surface area contributed by atoms with Crippen LogP contribution < -0.4 is 16.2 Å². The number of rotatable bonds is 9. The van der Waals surface area contributed by atoms with Gasteiger partial charge in [-0.1, -0.05) is 51.1 Å². The average molecular weight is 582 g/mol. The molecule has 1 amide bonds. The summed E-state index contributed by atoms with van der Waals surface area (Å²) in [6.07, 6.45) is 3.34. The Hall–Kier alpha value is -4.27. The molecular formula is C35H43N5O3. The van der Waals surface area contributed by atoms with Gasteiger partial charge in [0.25, 0.3) is 11.5 Å². The summed E-state index contributed by atoms with van der Waals surface area (Å²) in [5.74, 6) is 0.348. The Kier molecular flexibility index (Phi) is 9.52. The Balaban J connectivity index is 1.54. The van der Waals surface area contributed by atoms with Gasteiger partial charge in [-0.25, -0.2) is 4.98 Å². The Labute approximate surface area is 254 Å². The maximum absolute atomic E-state index is 13.1. The van der Waals surface area contributed by atoms with Gasteiger partial charge in [-0.15, -0.1) is 0 Å². The number of anilines is 3. The third-order valence-electron chi connectivity index (χ3n) is 7.88. The predicted octanol–water partition coefficient (Wildman–Crippen LogP) is 6.25. The van der Waals surface area contributed by atoms with Crippen molar-refractivity contribution in [2.45, 2.75) is 65.6 Å². The minimum Gasteiger partial charge on any atom is -0.378 e. The number of carbonyl (C=O) groups is 1. The zero-order valence-corrected chi connectivity index (χ0v) is 26.4. The van der Waals surface area contributed by atoms with Crippen LogP contribution in [0.5, 0.6) is 0 Å². The minimum absolute atomic E-state index is 0.0109. The third-order valence-corrected chi connectivity index (χ3v) is 7.88. The largest absolute Gasteiger partial charge is 0.378 e. The van der Waals surface area contributed by atoms with Gasteiger partial charge in [-0.2, -0.15) is 0 Å². The van der Waals surface area contributed by atoms with E-state index >= 15 is 0 Å². The van der Waals surface area contributed by atoms with Crippen LogP contribution in [0.3, 0.4) is 0 Å². The second-order valence-electron chi connectivity index (χ2n) is 12.4. The topological polar surface area (TPSA) is 99.5 Å². The fourth-order valence-corrected chi connectivity index (χ4v) is 4.80. The van der Waals surface area contributed by atoms with Crippen molar-refractivity contribution < 1.29 is 9.90 Å². The van der Waals surface area contributed by atoms with E-state index in [9.17, 15) is 14.7 Å². The summed E-state index contributed by atoms with van der Waals surface area (Å²) in [6.45, 7) is 12.4. The van der Waals surface area contributed by atoms with Gasteiger partial charge in [0.1, 0.15) is 17.7 Å². The van der Waals surface area contributed by atoms with Crippen molar-refractivity contribution in [3.63, 3.8) is 0 Å². The van der Waals surface area contributed by atoms with Crippen molar-refractivity contribution >= 4 is 23.1 Å². The predicted molar refractivity (Wildman–Crippen MR) is 175 cm³/mol. The van der Waals surface area contributed by atoms with Crippen molar-refractivity contribution in [3.8, 4) is 11.1 Å². The normalized spacial score (nSPS) is 12.4. The molecule has 0 radical (unpaired) electrons. The highest BCUT2D eigenvalue weighted by atomic mass is 16.3. The standard InChI is InChI=1S/C35H43N5O3/c1-22(2)40(8)32(41)18-24-12-17-31(36-20-24)37-30-19-26(21-39(7)34(30)43)28-10-9-11-29(23(28)3)38-33(42)25-13-15-27(16-14-25)35(4,5)6/h9-17,19-22,32,41H,18H2,1-8H3,(H,36,37)(H,38,42). The molecular weight excluding hydrogens is 538 g/mol. The molecule has 43 heavy (non-hydrogen) atoms. The number of aliphatic hydroxyl groups excluding tert-OH is 1. The molecule has 1 atom stereocenters. The second kappa shape index (κ2) is 12.9. The number of hydrogen-bond acceptors (Lipinski definition) is 6. The molecule has 0 bridgehead atoms. The number of amides is 1. The van der Waals surface area contributed by atoms with Crippen LogP contribution in [0, 0.1) is 6.92 Å². The molecule has 8 nitrogen and oxygen atoms in total. The lowest BCUT2D eigenvalue weighted by Gasteiger charge is -2.27. The third kappa shape index (κ3) is 7.58. The van der Waals surface area contributed by atoms with E-state index in [1.807, 2.05) is 81.2 Å². The molecule has 2 heterocycles. The van der Waals surface area contributed by atoms with Crippen molar-refractivity contribution in [1.82, 2.24) is 14.5 Å². The first-order valence-corrected chi connectivity index (χ1v) is 14.6. The van der Waals surface area contributed by atoms with Crippen LogP contribution in [0.4, 0.5) is 17.2 Å². The molecule has 3 N–H and O–H groups in total. The maximum Gasteiger partial charge on any atom is 0.274 e. The fourth-order valence-electron chi connectivity index (χ4n) is 4.80. The number of likely N-dealkylation sites (N-methyl/N-ethyl adjacent to an activating group) is 1. The first-order valence-electron chi connectivity index (χ1n) is 14.6. The first-order chi connectivity index (χ1) is 20.2. The van der Waals surface area contributed by atoms with Crippen LogP contribution in [0.2, 0.25) is 0 Å². The fraction of sp³-hybridized carbons (Fsp3) is 0.343. The van der Waals surface area contributed by atoms with E-state index in [1.165, 1.54) is 10.1 Å². The Morgan fingerprint density at radius 2 is 1.74 bits per heavy atom. The molecule has 0 aliphatic heterocycles. The van der Waals surface area contributed by atoms with E-state index in [0.717, 1.165) is 22.3 Å². The van der Waals surface area contributed by atoms with Gasteiger partial charge in [-0.05, 0) is 85.8 Å². The lowest BCUT2D eigenvalue weighted by Crippen LogP contribution is -2.38. The number of benzene rings is 2. The zero-order chi connectivity index (χ0) is 31.5. The average Bonchev–Trinajstić information content (AvgIpc) is 2.96. The summed E-state index contributed by atoms with van der Waals surface area (Å²) < 4.78 is 1.53.